The van der Waals surface area contributed by atoms with E-state index in [0.717, 1.165) is 18.3 Å². The third-order valence-corrected chi connectivity index (χ3v) is 2.12. The van der Waals surface area contributed by atoms with E-state index in [2.05, 4.69) is 15.6 Å². The Morgan fingerprint density at radius 2 is 2.33 bits per heavy atom. The Kier molecular flexibility index (Phi) is 9.76. The molecule has 0 aliphatic carbocycles. The quantitative estimate of drug-likeness (QED) is 0.459. The second-order valence-corrected chi connectivity index (χ2v) is 3.78. The van der Waals surface area contributed by atoms with Gasteiger partial charge in [0.15, 0.2) is 5.96 Å². The summed E-state index contributed by atoms with van der Waals surface area (Å²) in [5.41, 5.74) is 0. The van der Waals surface area contributed by atoms with Gasteiger partial charge < -0.3 is 19.8 Å². The van der Waals surface area contributed by atoms with Gasteiger partial charge >= 0.3 is 0 Å². The van der Waals surface area contributed by atoms with E-state index < -0.39 is 0 Å². The Bertz CT molecular complexity index is 328. The van der Waals surface area contributed by atoms with Gasteiger partial charge in [0.1, 0.15) is 12.3 Å². The highest BCUT2D eigenvalue weighted by atomic mass is 127. The Balaban J connectivity index is 0.00000289. The van der Waals surface area contributed by atoms with Crippen molar-refractivity contribution in [2.75, 3.05) is 20.3 Å². The van der Waals surface area contributed by atoms with E-state index in [0.29, 0.717) is 13.2 Å². The molecule has 5 nitrogen and oxygen atoms in total. The number of nitrogens with one attached hydrogen (secondary N) is 2. The van der Waals surface area contributed by atoms with Crippen LogP contribution in [-0.2, 0) is 11.3 Å². The monoisotopic (exact) mass is 367 g/mol. The van der Waals surface area contributed by atoms with Crippen LogP contribution in [0.3, 0.4) is 0 Å². The van der Waals surface area contributed by atoms with Crippen LogP contribution in [0.1, 0.15) is 19.6 Å². The number of aliphatic imine (C=N–C) groups is 1. The molecule has 104 valence electrons. The van der Waals surface area contributed by atoms with Crippen molar-refractivity contribution >= 4 is 29.9 Å². The summed E-state index contributed by atoms with van der Waals surface area (Å²) < 4.78 is 10.3. The van der Waals surface area contributed by atoms with Crippen LogP contribution < -0.4 is 10.6 Å². The molecule has 0 saturated heterocycles. The van der Waals surface area contributed by atoms with Gasteiger partial charge in [0, 0.05) is 19.7 Å². The van der Waals surface area contributed by atoms with E-state index >= 15 is 0 Å². The molecule has 6 heteroatoms. The molecule has 18 heavy (non-hydrogen) atoms. The number of ether oxygens (including phenoxy) is 1. The van der Waals surface area contributed by atoms with Crippen LogP contribution in [-0.4, -0.2) is 32.3 Å². The summed E-state index contributed by atoms with van der Waals surface area (Å²) in [6, 6.07) is 3.99. The number of hydrogen-bond acceptors (Lipinski definition) is 3. The van der Waals surface area contributed by atoms with Gasteiger partial charge in [0.2, 0.25) is 0 Å². The third-order valence-electron chi connectivity index (χ3n) is 2.12. The predicted octanol–water partition coefficient (Wildman–Crippen LogP) is 1.99. The average Bonchev–Trinajstić information content (AvgIpc) is 2.79. The lowest BCUT2D eigenvalue weighted by atomic mass is 10.4. The predicted molar refractivity (Wildman–Crippen MR) is 83.4 cm³/mol. The zero-order chi connectivity index (χ0) is 12.5. The zero-order valence-corrected chi connectivity index (χ0v) is 13.4. The molecule has 1 aromatic rings. The molecular formula is C12H22IN3O2. The maximum Gasteiger partial charge on any atom is 0.191 e. The van der Waals surface area contributed by atoms with Crippen molar-refractivity contribution in [2.45, 2.75) is 26.4 Å². The first kappa shape index (κ1) is 17.2. The smallest absolute Gasteiger partial charge is 0.191 e. The van der Waals surface area contributed by atoms with Crippen LogP contribution in [0.4, 0.5) is 0 Å². The van der Waals surface area contributed by atoms with E-state index in [1.165, 1.54) is 0 Å². The summed E-state index contributed by atoms with van der Waals surface area (Å²) in [6.07, 6.45) is 1.65. The van der Waals surface area contributed by atoms with E-state index in [9.17, 15) is 0 Å². The van der Waals surface area contributed by atoms with Crippen LogP contribution in [0.15, 0.2) is 27.8 Å². The molecule has 0 aliphatic heterocycles. The summed E-state index contributed by atoms with van der Waals surface area (Å²) >= 11 is 0. The van der Waals surface area contributed by atoms with Crippen molar-refractivity contribution in [3.05, 3.63) is 24.2 Å². The van der Waals surface area contributed by atoms with Gasteiger partial charge in [-0.3, -0.25) is 0 Å². The second-order valence-electron chi connectivity index (χ2n) is 3.78. The summed E-state index contributed by atoms with van der Waals surface area (Å²) in [5.74, 6) is 1.62. The van der Waals surface area contributed by atoms with E-state index in [1.54, 1.807) is 13.4 Å². The number of methoxy groups -OCH3 is 1. The average molecular weight is 367 g/mol. The van der Waals surface area contributed by atoms with E-state index in [1.807, 2.05) is 26.0 Å². The van der Waals surface area contributed by atoms with Crippen LogP contribution in [0.5, 0.6) is 0 Å². The molecule has 0 radical (unpaired) electrons. The molecule has 0 saturated carbocycles. The molecule has 1 heterocycles. The first-order valence-electron chi connectivity index (χ1n) is 5.82. The molecule has 0 bridgehead atoms. The SMILES string of the molecule is CCNC(=NCc1ccco1)NC(C)COC.I. The summed E-state index contributed by atoms with van der Waals surface area (Å²) in [7, 11) is 1.69. The van der Waals surface area contributed by atoms with Gasteiger partial charge in [-0.25, -0.2) is 4.99 Å². The van der Waals surface area contributed by atoms with Gasteiger partial charge in [-0.15, -0.1) is 24.0 Å². The largest absolute Gasteiger partial charge is 0.467 e. The van der Waals surface area contributed by atoms with Crippen LogP contribution in [0.25, 0.3) is 0 Å². The highest BCUT2D eigenvalue weighted by molar-refractivity contribution is 14.0. The van der Waals surface area contributed by atoms with E-state index in [-0.39, 0.29) is 30.0 Å². The molecule has 1 aromatic heterocycles. The lowest BCUT2D eigenvalue weighted by Crippen LogP contribution is -2.43. The molecule has 0 fully saturated rings. The minimum Gasteiger partial charge on any atom is -0.467 e. The number of hydrogen-bond donors (Lipinski definition) is 2. The van der Waals surface area contributed by atoms with Crippen molar-refractivity contribution in [1.29, 1.82) is 0 Å². The maximum atomic E-state index is 5.23. The summed E-state index contributed by atoms with van der Waals surface area (Å²) in [6.45, 7) is 6.07. The first-order valence-corrected chi connectivity index (χ1v) is 5.82. The molecule has 0 amide bonds. The molecular weight excluding hydrogens is 345 g/mol. The second kappa shape index (κ2) is 10.2. The summed E-state index contributed by atoms with van der Waals surface area (Å²) in [4.78, 5) is 4.42. The first-order chi connectivity index (χ1) is 8.26. The van der Waals surface area contributed by atoms with Crippen LogP contribution in [0.2, 0.25) is 0 Å². The molecule has 0 aromatic carbocycles. The minimum absolute atomic E-state index is 0. The van der Waals surface area contributed by atoms with Crippen molar-refractivity contribution in [3.63, 3.8) is 0 Å². The van der Waals surface area contributed by atoms with Gasteiger partial charge in [0.25, 0.3) is 0 Å². The molecule has 0 aliphatic rings. The van der Waals surface area contributed by atoms with Crippen molar-refractivity contribution < 1.29 is 9.15 Å². The Morgan fingerprint density at radius 3 is 2.89 bits per heavy atom. The third kappa shape index (κ3) is 6.85. The lowest BCUT2D eigenvalue weighted by molar-refractivity contribution is 0.179. The van der Waals surface area contributed by atoms with Crippen molar-refractivity contribution in [3.8, 4) is 0 Å². The highest BCUT2D eigenvalue weighted by Crippen LogP contribution is 2.01. The zero-order valence-electron chi connectivity index (χ0n) is 11.1. The lowest BCUT2D eigenvalue weighted by Gasteiger charge is -2.16. The van der Waals surface area contributed by atoms with E-state index in [4.69, 9.17) is 9.15 Å². The number of rotatable bonds is 6. The maximum absolute atomic E-state index is 5.23. The standard InChI is InChI=1S/C12H21N3O2.HI/c1-4-13-12(15-10(2)9-16-3)14-8-11-6-5-7-17-11;/h5-7,10H,4,8-9H2,1-3H3,(H2,13,14,15);1H. The van der Waals surface area contributed by atoms with Crippen LogP contribution >= 0.6 is 24.0 Å². The molecule has 0 spiro atoms. The number of furan rings is 1. The van der Waals surface area contributed by atoms with Gasteiger partial charge in [0.05, 0.1) is 12.9 Å². The molecule has 1 unspecified atom stereocenters. The minimum atomic E-state index is 0. The normalized spacial score (nSPS) is 12.7. The highest BCUT2D eigenvalue weighted by Gasteiger charge is 2.04. The van der Waals surface area contributed by atoms with Gasteiger partial charge in [-0.05, 0) is 26.0 Å². The fraction of sp³-hybridized carbons (Fsp3) is 0.583. The Labute approximate surface area is 125 Å². The van der Waals surface area contributed by atoms with Gasteiger partial charge in [-0.2, -0.15) is 0 Å². The number of guanidine groups is 1. The molecule has 1 rings (SSSR count). The van der Waals surface area contributed by atoms with Gasteiger partial charge in [-0.1, -0.05) is 0 Å². The van der Waals surface area contributed by atoms with Crippen LogP contribution in [0, 0.1) is 0 Å². The number of halogens is 1. The Hall–Kier alpha value is -0.760. The molecule has 2 N–H and O–H groups in total. The fourth-order valence-corrected chi connectivity index (χ4v) is 1.40. The van der Waals surface area contributed by atoms with Crippen molar-refractivity contribution in [1.82, 2.24) is 10.6 Å². The molecule has 1 atom stereocenters. The van der Waals surface area contributed by atoms with Crippen molar-refractivity contribution in [2.24, 2.45) is 4.99 Å². The number of nitrogens with zero attached hydrogens (tertiary/aromatic N) is 1. The summed E-state index contributed by atoms with van der Waals surface area (Å²) in [5, 5.41) is 6.43. The fourth-order valence-electron chi connectivity index (χ4n) is 1.40. The topological polar surface area (TPSA) is 58.8 Å². The Morgan fingerprint density at radius 1 is 1.56 bits per heavy atom.